The summed E-state index contributed by atoms with van der Waals surface area (Å²) in [7, 11) is 0. The zero-order valence-corrected chi connectivity index (χ0v) is 25.3. The molecule has 0 fully saturated rings. The Morgan fingerprint density at radius 2 is 1.49 bits per heavy atom. The Labute approximate surface area is 263 Å². The van der Waals surface area contributed by atoms with Gasteiger partial charge in [-0.15, -0.1) is 0 Å². The number of benzene rings is 3. The van der Waals surface area contributed by atoms with Crippen molar-refractivity contribution in [2.45, 2.75) is 38.9 Å². The third-order valence-electron chi connectivity index (χ3n) is 8.20. The zero-order valence-electron chi connectivity index (χ0n) is 25.3. The molecule has 6 rings (SSSR count). The van der Waals surface area contributed by atoms with Crippen molar-refractivity contribution in [2.24, 2.45) is 0 Å². The van der Waals surface area contributed by atoms with Crippen LogP contribution in [0, 0.1) is 6.92 Å². The number of aromatic nitrogens is 3. The normalized spacial score (nSPS) is 13.3. The van der Waals surface area contributed by atoms with E-state index in [0.717, 1.165) is 34.2 Å². The number of rotatable bonds is 9. The standard InChI is InChI=1S/C38H35N5O2/c1-28-40-24-31(25-41-28)13-16-37(44)43(26-30-11-14-33(15-12-30)34-17-20-39-21-18-34)36(23-29-7-3-2-4-8-29)38(45)42-22-19-32-9-5-6-10-35(32)27-42/h2-18,20-21,24-25,36H,19,22-23,26-27H2,1H3. The minimum atomic E-state index is -0.705. The first-order valence-electron chi connectivity index (χ1n) is 15.2. The maximum atomic E-state index is 14.5. The Balaban J connectivity index is 1.34. The number of carbonyl (C=O) groups is 2. The van der Waals surface area contributed by atoms with Crippen LogP contribution in [0.25, 0.3) is 17.2 Å². The molecule has 0 radical (unpaired) electrons. The van der Waals surface area contributed by atoms with Crippen LogP contribution in [0.4, 0.5) is 0 Å². The number of amides is 2. The molecule has 224 valence electrons. The Bertz CT molecular complexity index is 1770. The summed E-state index contributed by atoms with van der Waals surface area (Å²) >= 11 is 0. The number of hydrogen-bond donors (Lipinski definition) is 0. The van der Waals surface area contributed by atoms with Crippen molar-refractivity contribution in [3.05, 3.63) is 156 Å². The first kappa shape index (κ1) is 29.6. The van der Waals surface area contributed by atoms with E-state index >= 15 is 0 Å². The van der Waals surface area contributed by atoms with Gasteiger partial charge in [-0.05, 0) is 64.9 Å². The molecule has 7 nitrogen and oxygen atoms in total. The molecule has 0 aliphatic carbocycles. The van der Waals surface area contributed by atoms with Crippen molar-refractivity contribution < 1.29 is 9.59 Å². The Kier molecular flexibility index (Phi) is 9.16. The van der Waals surface area contributed by atoms with E-state index in [0.29, 0.717) is 30.9 Å². The molecule has 1 unspecified atom stereocenters. The third kappa shape index (κ3) is 7.39. The second-order valence-corrected chi connectivity index (χ2v) is 11.3. The second-order valence-electron chi connectivity index (χ2n) is 11.3. The lowest BCUT2D eigenvalue weighted by atomic mass is 9.97. The maximum absolute atomic E-state index is 14.5. The van der Waals surface area contributed by atoms with Crippen LogP contribution in [0.1, 0.15) is 33.6 Å². The molecule has 1 atom stereocenters. The highest BCUT2D eigenvalue weighted by molar-refractivity contribution is 5.95. The van der Waals surface area contributed by atoms with Crippen LogP contribution < -0.4 is 0 Å². The van der Waals surface area contributed by atoms with Gasteiger partial charge in [0.15, 0.2) is 0 Å². The lowest BCUT2D eigenvalue weighted by Crippen LogP contribution is -2.52. The summed E-state index contributed by atoms with van der Waals surface area (Å²) in [6.07, 6.45) is 11.3. The van der Waals surface area contributed by atoms with Crippen molar-refractivity contribution in [3.8, 4) is 11.1 Å². The molecule has 1 aliphatic heterocycles. The van der Waals surface area contributed by atoms with Crippen LogP contribution in [0.2, 0.25) is 0 Å². The van der Waals surface area contributed by atoms with E-state index in [-0.39, 0.29) is 18.4 Å². The fourth-order valence-electron chi connectivity index (χ4n) is 5.70. The predicted molar refractivity (Wildman–Crippen MR) is 176 cm³/mol. The molecular formula is C38H35N5O2. The van der Waals surface area contributed by atoms with Gasteiger partial charge in [0, 0.05) is 62.5 Å². The van der Waals surface area contributed by atoms with E-state index in [1.54, 1.807) is 35.8 Å². The van der Waals surface area contributed by atoms with Crippen molar-refractivity contribution in [1.29, 1.82) is 0 Å². The summed E-state index contributed by atoms with van der Waals surface area (Å²) in [6, 6.07) is 29.5. The molecule has 0 saturated heterocycles. The highest BCUT2D eigenvalue weighted by Crippen LogP contribution is 2.24. The van der Waals surface area contributed by atoms with Gasteiger partial charge in [-0.3, -0.25) is 14.6 Å². The summed E-state index contributed by atoms with van der Waals surface area (Å²) < 4.78 is 0. The van der Waals surface area contributed by atoms with Crippen LogP contribution >= 0.6 is 0 Å². The first-order chi connectivity index (χ1) is 22.0. The number of aryl methyl sites for hydroxylation is 1. The summed E-state index contributed by atoms with van der Waals surface area (Å²) in [5.41, 5.74) is 7.19. The number of hydrogen-bond acceptors (Lipinski definition) is 5. The lowest BCUT2D eigenvalue weighted by Gasteiger charge is -2.37. The average molecular weight is 594 g/mol. The number of nitrogens with zero attached hydrogens (tertiary/aromatic N) is 5. The summed E-state index contributed by atoms with van der Waals surface area (Å²) in [5, 5.41) is 0. The van der Waals surface area contributed by atoms with Gasteiger partial charge >= 0.3 is 0 Å². The SMILES string of the molecule is Cc1ncc(C=CC(=O)N(Cc2ccc(-c3ccncc3)cc2)C(Cc2ccccc2)C(=O)N2CCc3ccccc3C2)cn1. The van der Waals surface area contributed by atoms with Gasteiger partial charge in [0.2, 0.25) is 11.8 Å². The molecule has 5 aromatic rings. The summed E-state index contributed by atoms with van der Waals surface area (Å²) in [5.74, 6) is 0.356. The van der Waals surface area contributed by atoms with Gasteiger partial charge in [0.05, 0.1) is 0 Å². The van der Waals surface area contributed by atoms with E-state index < -0.39 is 6.04 Å². The molecule has 0 saturated carbocycles. The first-order valence-corrected chi connectivity index (χ1v) is 15.2. The van der Waals surface area contributed by atoms with E-state index in [1.807, 2.05) is 90.7 Å². The van der Waals surface area contributed by atoms with E-state index in [9.17, 15) is 9.59 Å². The van der Waals surface area contributed by atoms with Crippen LogP contribution in [0.3, 0.4) is 0 Å². The molecule has 3 aromatic carbocycles. The molecule has 3 heterocycles. The van der Waals surface area contributed by atoms with Gasteiger partial charge in [0.1, 0.15) is 11.9 Å². The summed E-state index contributed by atoms with van der Waals surface area (Å²) in [4.78, 5) is 44.8. The van der Waals surface area contributed by atoms with Gasteiger partial charge in [-0.2, -0.15) is 0 Å². The van der Waals surface area contributed by atoms with Gasteiger partial charge in [0.25, 0.3) is 0 Å². The molecular weight excluding hydrogens is 558 g/mol. The van der Waals surface area contributed by atoms with Crippen molar-refractivity contribution >= 4 is 17.9 Å². The monoisotopic (exact) mass is 593 g/mol. The number of pyridine rings is 1. The fraction of sp³-hybridized carbons (Fsp3) is 0.184. The molecule has 45 heavy (non-hydrogen) atoms. The molecule has 7 heteroatoms. The van der Waals surface area contributed by atoms with Crippen LogP contribution in [-0.4, -0.2) is 49.2 Å². The zero-order chi connectivity index (χ0) is 31.0. The van der Waals surface area contributed by atoms with E-state index in [4.69, 9.17) is 0 Å². The predicted octanol–water partition coefficient (Wildman–Crippen LogP) is 6.09. The van der Waals surface area contributed by atoms with Crippen molar-refractivity contribution in [2.75, 3.05) is 6.54 Å². The minimum absolute atomic E-state index is 0.0535. The van der Waals surface area contributed by atoms with E-state index in [2.05, 4.69) is 27.1 Å². The highest BCUT2D eigenvalue weighted by Gasteiger charge is 2.34. The van der Waals surface area contributed by atoms with Gasteiger partial charge in [-0.25, -0.2) is 9.97 Å². The van der Waals surface area contributed by atoms with E-state index in [1.165, 1.54) is 11.6 Å². The fourth-order valence-corrected chi connectivity index (χ4v) is 5.70. The van der Waals surface area contributed by atoms with Gasteiger partial charge in [-0.1, -0.05) is 78.9 Å². The largest absolute Gasteiger partial charge is 0.336 e. The van der Waals surface area contributed by atoms with Gasteiger partial charge < -0.3 is 9.80 Å². The third-order valence-corrected chi connectivity index (χ3v) is 8.20. The minimum Gasteiger partial charge on any atom is -0.336 e. The molecule has 0 bridgehead atoms. The highest BCUT2D eigenvalue weighted by atomic mass is 16.2. The second kappa shape index (κ2) is 13.9. The molecule has 2 amide bonds. The topological polar surface area (TPSA) is 79.3 Å². The number of fused-ring (bicyclic) bond motifs is 1. The Morgan fingerprint density at radius 3 is 2.22 bits per heavy atom. The summed E-state index contributed by atoms with van der Waals surface area (Å²) in [6.45, 7) is 3.23. The number of carbonyl (C=O) groups excluding carboxylic acids is 2. The molecule has 0 spiro atoms. The quantitative estimate of drug-likeness (QED) is 0.194. The molecule has 1 aliphatic rings. The molecule has 0 N–H and O–H groups in total. The van der Waals surface area contributed by atoms with Crippen LogP contribution in [-0.2, 0) is 35.5 Å². The van der Waals surface area contributed by atoms with Crippen LogP contribution in [0.5, 0.6) is 0 Å². The smallest absolute Gasteiger partial charge is 0.247 e. The lowest BCUT2D eigenvalue weighted by molar-refractivity contribution is -0.144. The van der Waals surface area contributed by atoms with Crippen molar-refractivity contribution in [3.63, 3.8) is 0 Å². The Hall–Kier alpha value is -5.43. The Morgan fingerprint density at radius 1 is 0.822 bits per heavy atom. The average Bonchev–Trinajstić information content (AvgIpc) is 3.10. The van der Waals surface area contributed by atoms with Crippen LogP contribution in [0.15, 0.2) is 122 Å². The van der Waals surface area contributed by atoms with Crippen molar-refractivity contribution in [1.82, 2.24) is 24.8 Å². The maximum Gasteiger partial charge on any atom is 0.247 e. The molecule has 2 aromatic heterocycles.